The third-order valence-electron chi connectivity index (χ3n) is 6.15. The van der Waals surface area contributed by atoms with Gasteiger partial charge in [0.05, 0.1) is 26.4 Å². The molecule has 0 radical (unpaired) electrons. The summed E-state index contributed by atoms with van der Waals surface area (Å²) in [7, 11) is 4.25. The summed E-state index contributed by atoms with van der Waals surface area (Å²) >= 11 is 0. The minimum absolute atomic E-state index is 0.588. The van der Waals surface area contributed by atoms with E-state index in [0.29, 0.717) is 26.4 Å². The SMILES string of the molecule is Cc1ccc2c(c1)c1c(n2C)COCc2c(n(C)c3ccc(C)cc23)COC1. The lowest BCUT2D eigenvalue weighted by atomic mass is 10.1. The van der Waals surface area contributed by atoms with E-state index in [1.165, 1.54) is 55.4 Å². The molecule has 0 N–H and O–H groups in total. The van der Waals surface area contributed by atoms with Crippen molar-refractivity contribution in [3.63, 3.8) is 0 Å². The first kappa shape index (κ1) is 17.5. The van der Waals surface area contributed by atoms with Crippen LogP contribution in [0.3, 0.4) is 0 Å². The molecule has 1 aliphatic rings. The summed E-state index contributed by atoms with van der Waals surface area (Å²) in [6, 6.07) is 13.2. The predicted octanol–water partition coefficient (Wildman–Crippen LogP) is 5.03. The smallest absolute Gasteiger partial charge is 0.0876 e. The number of benzene rings is 2. The second-order valence-corrected chi connectivity index (χ2v) is 8.00. The van der Waals surface area contributed by atoms with Crippen molar-refractivity contribution >= 4 is 21.8 Å². The summed E-state index contributed by atoms with van der Waals surface area (Å²) in [4.78, 5) is 0. The maximum atomic E-state index is 6.28. The molecule has 28 heavy (non-hydrogen) atoms. The predicted molar refractivity (Wildman–Crippen MR) is 112 cm³/mol. The molecule has 4 heteroatoms. The van der Waals surface area contributed by atoms with Gasteiger partial charge in [0.15, 0.2) is 0 Å². The van der Waals surface area contributed by atoms with E-state index in [-0.39, 0.29) is 0 Å². The Morgan fingerprint density at radius 1 is 0.643 bits per heavy atom. The largest absolute Gasteiger partial charge is 0.370 e. The average molecular weight is 374 g/mol. The van der Waals surface area contributed by atoms with Gasteiger partial charge in [-0.3, -0.25) is 0 Å². The highest BCUT2D eigenvalue weighted by atomic mass is 16.5. The van der Waals surface area contributed by atoms with Crippen LogP contribution in [0, 0.1) is 13.8 Å². The number of rotatable bonds is 0. The lowest BCUT2D eigenvalue weighted by molar-refractivity contribution is 0.0766. The molecule has 0 spiro atoms. The maximum Gasteiger partial charge on any atom is 0.0876 e. The van der Waals surface area contributed by atoms with Crippen molar-refractivity contribution < 1.29 is 9.47 Å². The van der Waals surface area contributed by atoms with Gasteiger partial charge in [0.25, 0.3) is 0 Å². The zero-order chi connectivity index (χ0) is 19.4. The molecular weight excluding hydrogens is 348 g/mol. The van der Waals surface area contributed by atoms with Crippen molar-refractivity contribution in [1.82, 2.24) is 9.13 Å². The molecule has 5 rings (SSSR count). The molecule has 3 heterocycles. The molecular formula is C24H26N2O2. The Bertz CT molecular complexity index is 1120. The fourth-order valence-electron chi connectivity index (χ4n) is 4.56. The number of ether oxygens (including phenoxy) is 2. The van der Waals surface area contributed by atoms with Crippen molar-refractivity contribution in [1.29, 1.82) is 0 Å². The summed E-state index contributed by atoms with van der Waals surface area (Å²) in [5.41, 5.74) is 9.93. The van der Waals surface area contributed by atoms with Crippen molar-refractivity contribution in [3.8, 4) is 0 Å². The molecule has 1 aliphatic heterocycles. The van der Waals surface area contributed by atoms with Gasteiger partial charge in [0, 0.05) is 58.4 Å². The van der Waals surface area contributed by atoms with E-state index in [4.69, 9.17) is 9.47 Å². The third-order valence-corrected chi connectivity index (χ3v) is 6.15. The van der Waals surface area contributed by atoms with Gasteiger partial charge in [-0.1, -0.05) is 23.3 Å². The Morgan fingerprint density at radius 3 is 1.50 bits per heavy atom. The highest BCUT2D eigenvalue weighted by Gasteiger charge is 2.20. The molecule has 0 atom stereocenters. The summed E-state index contributed by atoms with van der Waals surface area (Å²) in [6.45, 7) is 6.65. The zero-order valence-corrected chi connectivity index (χ0v) is 17.0. The van der Waals surface area contributed by atoms with Gasteiger partial charge in [-0.25, -0.2) is 0 Å². The Labute approximate surface area is 165 Å². The molecule has 0 saturated carbocycles. The molecule has 0 fully saturated rings. The first-order valence-corrected chi connectivity index (χ1v) is 9.83. The van der Waals surface area contributed by atoms with E-state index < -0.39 is 0 Å². The van der Waals surface area contributed by atoms with E-state index in [9.17, 15) is 0 Å². The van der Waals surface area contributed by atoms with E-state index in [2.05, 4.69) is 73.5 Å². The van der Waals surface area contributed by atoms with E-state index >= 15 is 0 Å². The Kier molecular flexibility index (Phi) is 4.07. The second-order valence-electron chi connectivity index (χ2n) is 8.00. The molecule has 2 aromatic heterocycles. The number of fused-ring (bicyclic) bond motifs is 6. The molecule has 0 amide bonds. The minimum Gasteiger partial charge on any atom is -0.370 e. The van der Waals surface area contributed by atoms with Crippen LogP contribution >= 0.6 is 0 Å². The summed E-state index contributed by atoms with van der Waals surface area (Å²) < 4.78 is 17.1. The van der Waals surface area contributed by atoms with Crippen molar-refractivity contribution in [3.05, 3.63) is 70.0 Å². The standard InChI is InChI=1S/C24H26N2O2/c1-15-5-7-21-17(9-15)19-11-27-14-24-20(12-28-13-23(19)25(21)3)18-10-16(2)6-8-22(18)26(24)4/h5-10H,11-14H2,1-4H3. The van der Waals surface area contributed by atoms with Gasteiger partial charge in [-0.05, 0) is 38.1 Å². The van der Waals surface area contributed by atoms with Gasteiger partial charge in [-0.15, -0.1) is 0 Å². The molecule has 144 valence electrons. The Morgan fingerprint density at radius 2 is 1.07 bits per heavy atom. The van der Waals surface area contributed by atoms with Gasteiger partial charge in [0.2, 0.25) is 0 Å². The van der Waals surface area contributed by atoms with Crippen LogP contribution < -0.4 is 0 Å². The highest BCUT2D eigenvalue weighted by Crippen LogP contribution is 2.32. The van der Waals surface area contributed by atoms with Crippen LogP contribution in [0.4, 0.5) is 0 Å². The lowest BCUT2D eigenvalue weighted by Crippen LogP contribution is -2.09. The topological polar surface area (TPSA) is 28.3 Å². The van der Waals surface area contributed by atoms with Crippen LogP contribution in [0.15, 0.2) is 36.4 Å². The highest BCUT2D eigenvalue weighted by molar-refractivity contribution is 5.87. The Hall–Kier alpha value is -2.56. The number of nitrogens with zero attached hydrogens (tertiary/aromatic N) is 2. The second kappa shape index (κ2) is 6.50. The van der Waals surface area contributed by atoms with Gasteiger partial charge >= 0.3 is 0 Å². The first-order valence-electron chi connectivity index (χ1n) is 9.83. The molecule has 4 aromatic rings. The van der Waals surface area contributed by atoms with Crippen LogP contribution in [0.2, 0.25) is 0 Å². The first-order chi connectivity index (χ1) is 13.5. The summed E-state index contributed by atoms with van der Waals surface area (Å²) in [6.07, 6.45) is 0. The van der Waals surface area contributed by atoms with Crippen molar-refractivity contribution in [2.45, 2.75) is 40.3 Å². The zero-order valence-electron chi connectivity index (χ0n) is 17.0. The van der Waals surface area contributed by atoms with Crippen LogP contribution in [0.1, 0.15) is 33.6 Å². The van der Waals surface area contributed by atoms with Crippen molar-refractivity contribution in [2.75, 3.05) is 0 Å². The molecule has 0 unspecified atom stereocenters. The molecule has 0 saturated heterocycles. The monoisotopic (exact) mass is 374 g/mol. The van der Waals surface area contributed by atoms with Crippen LogP contribution in [0.25, 0.3) is 21.8 Å². The number of hydrogen-bond donors (Lipinski definition) is 0. The quantitative estimate of drug-likeness (QED) is 0.432. The van der Waals surface area contributed by atoms with Crippen LogP contribution in [0.5, 0.6) is 0 Å². The molecule has 4 nitrogen and oxygen atoms in total. The lowest BCUT2D eigenvalue weighted by Gasteiger charge is -2.14. The number of aromatic nitrogens is 2. The van der Waals surface area contributed by atoms with Crippen LogP contribution in [-0.2, 0) is 50.0 Å². The number of hydrogen-bond acceptors (Lipinski definition) is 2. The minimum atomic E-state index is 0.588. The van der Waals surface area contributed by atoms with E-state index in [0.717, 1.165) is 0 Å². The number of aryl methyl sites for hydroxylation is 4. The molecule has 2 aromatic carbocycles. The van der Waals surface area contributed by atoms with Crippen LogP contribution in [-0.4, -0.2) is 9.13 Å². The Balaban J connectivity index is 1.60. The third kappa shape index (κ3) is 2.60. The molecule has 0 bridgehead atoms. The summed E-state index contributed by atoms with van der Waals surface area (Å²) in [5.74, 6) is 0. The fraction of sp³-hybridized carbons (Fsp3) is 0.333. The maximum absolute atomic E-state index is 6.28. The van der Waals surface area contributed by atoms with E-state index in [1.807, 2.05) is 0 Å². The van der Waals surface area contributed by atoms with Crippen molar-refractivity contribution in [2.24, 2.45) is 14.1 Å². The average Bonchev–Trinajstić information content (AvgIpc) is 3.09. The molecule has 0 aliphatic carbocycles. The van der Waals surface area contributed by atoms with Gasteiger partial charge < -0.3 is 18.6 Å². The summed E-state index contributed by atoms with van der Waals surface area (Å²) in [5, 5.41) is 2.55. The van der Waals surface area contributed by atoms with E-state index in [1.54, 1.807) is 0 Å². The van der Waals surface area contributed by atoms with Gasteiger partial charge in [0.1, 0.15) is 0 Å². The fourth-order valence-corrected chi connectivity index (χ4v) is 4.56. The normalized spacial score (nSPS) is 15.0. The van der Waals surface area contributed by atoms with Gasteiger partial charge in [-0.2, -0.15) is 0 Å².